The molecular formula is C15H23N3O3. The number of para-hydroxylation sites is 1. The molecule has 6 heteroatoms. The molecule has 1 aromatic rings. The molecular weight excluding hydrogens is 270 g/mol. The maximum Gasteiger partial charge on any atom is 0.314 e. The van der Waals surface area contributed by atoms with Crippen LogP contribution < -0.4 is 15.5 Å². The van der Waals surface area contributed by atoms with Crippen molar-refractivity contribution in [3.8, 4) is 0 Å². The number of aliphatic carboxylic acids is 1. The van der Waals surface area contributed by atoms with Crippen molar-refractivity contribution in [1.82, 2.24) is 10.6 Å². The lowest BCUT2D eigenvalue weighted by molar-refractivity contribution is -0.137. The molecule has 1 rings (SSSR count). The van der Waals surface area contributed by atoms with E-state index in [0.29, 0.717) is 19.5 Å². The molecule has 0 aliphatic heterocycles. The molecule has 3 N–H and O–H groups in total. The Kier molecular flexibility index (Phi) is 7.71. The van der Waals surface area contributed by atoms with E-state index in [2.05, 4.69) is 15.5 Å². The van der Waals surface area contributed by atoms with Crippen molar-refractivity contribution in [2.45, 2.75) is 19.3 Å². The van der Waals surface area contributed by atoms with Gasteiger partial charge in [-0.3, -0.25) is 4.79 Å². The minimum absolute atomic E-state index is 0.0716. The number of anilines is 1. The van der Waals surface area contributed by atoms with E-state index in [4.69, 9.17) is 5.11 Å². The van der Waals surface area contributed by atoms with E-state index in [0.717, 1.165) is 18.7 Å². The van der Waals surface area contributed by atoms with Gasteiger partial charge in [-0.05, 0) is 25.0 Å². The number of hydrogen-bond acceptors (Lipinski definition) is 3. The molecule has 6 nitrogen and oxygen atoms in total. The van der Waals surface area contributed by atoms with Crippen molar-refractivity contribution < 1.29 is 14.7 Å². The van der Waals surface area contributed by atoms with E-state index in [9.17, 15) is 9.59 Å². The first-order valence-corrected chi connectivity index (χ1v) is 7.09. The second kappa shape index (κ2) is 9.63. The maximum absolute atomic E-state index is 11.4. The summed E-state index contributed by atoms with van der Waals surface area (Å²) >= 11 is 0. The molecule has 2 amide bonds. The van der Waals surface area contributed by atoms with E-state index in [1.54, 1.807) is 0 Å². The fourth-order valence-electron chi connectivity index (χ4n) is 1.83. The number of carboxylic acid groups (broad SMARTS) is 1. The average molecular weight is 293 g/mol. The Balaban J connectivity index is 2.05. The highest BCUT2D eigenvalue weighted by Gasteiger charge is 2.02. The lowest BCUT2D eigenvalue weighted by Gasteiger charge is -2.19. The molecule has 0 aliphatic rings. The first-order valence-electron chi connectivity index (χ1n) is 7.09. The fourth-order valence-corrected chi connectivity index (χ4v) is 1.83. The van der Waals surface area contributed by atoms with E-state index in [-0.39, 0.29) is 12.5 Å². The van der Waals surface area contributed by atoms with Gasteiger partial charge in [-0.1, -0.05) is 18.2 Å². The predicted molar refractivity (Wildman–Crippen MR) is 82.6 cm³/mol. The second-order valence-corrected chi connectivity index (χ2v) is 4.79. The van der Waals surface area contributed by atoms with E-state index >= 15 is 0 Å². The largest absolute Gasteiger partial charge is 0.481 e. The van der Waals surface area contributed by atoms with Crippen LogP contribution in [-0.2, 0) is 4.79 Å². The number of carboxylic acids is 1. The zero-order chi connectivity index (χ0) is 15.5. The maximum atomic E-state index is 11.4. The van der Waals surface area contributed by atoms with Gasteiger partial charge in [0.1, 0.15) is 0 Å². The summed E-state index contributed by atoms with van der Waals surface area (Å²) < 4.78 is 0. The Morgan fingerprint density at radius 2 is 1.71 bits per heavy atom. The number of rotatable bonds is 9. The Bertz CT molecular complexity index is 437. The van der Waals surface area contributed by atoms with Gasteiger partial charge in [-0.2, -0.15) is 0 Å². The van der Waals surface area contributed by atoms with Gasteiger partial charge in [0.05, 0.1) is 0 Å². The monoisotopic (exact) mass is 293 g/mol. The zero-order valence-electron chi connectivity index (χ0n) is 12.3. The fraction of sp³-hybridized carbons (Fsp3) is 0.467. The summed E-state index contributed by atoms with van der Waals surface area (Å²) in [7, 11) is 2.02. The third kappa shape index (κ3) is 7.81. The number of carbonyl (C=O) groups is 2. The average Bonchev–Trinajstić information content (AvgIpc) is 2.48. The van der Waals surface area contributed by atoms with Crippen LogP contribution in [0.5, 0.6) is 0 Å². The molecule has 0 unspecified atom stereocenters. The number of urea groups is 1. The molecule has 0 spiro atoms. The van der Waals surface area contributed by atoms with Gasteiger partial charge >= 0.3 is 12.0 Å². The quantitative estimate of drug-likeness (QED) is 0.605. The lowest BCUT2D eigenvalue weighted by Crippen LogP contribution is -2.37. The van der Waals surface area contributed by atoms with Gasteiger partial charge in [-0.15, -0.1) is 0 Å². The van der Waals surface area contributed by atoms with Crippen LogP contribution in [0.3, 0.4) is 0 Å². The van der Waals surface area contributed by atoms with Crippen LogP contribution >= 0.6 is 0 Å². The summed E-state index contributed by atoms with van der Waals surface area (Å²) in [6, 6.07) is 9.81. The molecule has 0 saturated heterocycles. The summed E-state index contributed by atoms with van der Waals surface area (Å²) in [5.74, 6) is -0.846. The topological polar surface area (TPSA) is 81.7 Å². The predicted octanol–water partition coefficient (Wildman–Crippen LogP) is 1.68. The van der Waals surface area contributed by atoms with Crippen LogP contribution in [0.4, 0.5) is 10.5 Å². The van der Waals surface area contributed by atoms with Crippen LogP contribution in [0, 0.1) is 0 Å². The van der Waals surface area contributed by atoms with Gasteiger partial charge in [0.25, 0.3) is 0 Å². The van der Waals surface area contributed by atoms with Gasteiger partial charge in [-0.25, -0.2) is 4.79 Å². The first-order chi connectivity index (χ1) is 10.1. The first kappa shape index (κ1) is 16.8. The van der Waals surface area contributed by atoms with Gasteiger partial charge in [0.2, 0.25) is 0 Å². The molecule has 0 fully saturated rings. The summed E-state index contributed by atoms with van der Waals surface area (Å²) in [4.78, 5) is 23.9. The van der Waals surface area contributed by atoms with Crippen molar-refractivity contribution >= 4 is 17.7 Å². The van der Waals surface area contributed by atoms with Crippen molar-refractivity contribution in [1.29, 1.82) is 0 Å². The summed E-state index contributed by atoms with van der Waals surface area (Å²) in [6.07, 6.45) is 1.36. The molecule has 0 heterocycles. The molecule has 1 aromatic carbocycles. The third-order valence-corrected chi connectivity index (χ3v) is 3.01. The van der Waals surface area contributed by atoms with E-state index in [1.165, 1.54) is 0 Å². The highest BCUT2D eigenvalue weighted by atomic mass is 16.4. The van der Waals surface area contributed by atoms with Crippen molar-refractivity contribution in [3.63, 3.8) is 0 Å². The number of benzene rings is 1. The molecule has 0 radical (unpaired) electrons. The third-order valence-electron chi connectivity index (χ3n) is 3.01. The number of carbonyl (C=O) groups excluding carboxylic acids is 1. The minimum atomic E-state index is -0.846. The van der Waals surface area contributed by atoms with Crippen molar-refractivity contribution in [2.24, 2.45) is 0 Å². The Labute approximate surface area is 125 Å². The zero-order valence-corrected chi connectivity index (χ0v) is 12.3. The number of amides is 2. The van der Waals surface area contributed by atoms with E-state index in [1.807, 2.05) is 37.4 Å². The molecule has 0 atom stereocenters. The highest BCUT2D eigenvalue weighted by Crippen LogP contribution is 2.10. The number of nitrogens with one attached hydrogen (secondary N) is 2. The van der Waals surface area contributed by atoms with Gasteiger partial charge < -0.3 is 20.6 Å². The summed E-state index contributed by atoms with van der Waals surface area (Å²) in [5.41, 5.74) is 1.15. The number of nitrogens with zero attached hydrogens (tertiary/aromatic N) is 1. The van der Waals surface area contributed by atoms with E-state index < -0.39 is 5.97 Å². The molecule has 0 saturated carbocycles. The van der Waals surface area contributed by atoms with Crippen LogP contribution in [0.25, 0.3) is 0 Å². The Morgan fingerprint density at radius 1 is 1.10 bits per heavy atom. The van der Waals surface area contributed by atoms with Gasteiger partial charge in [0, 0.05) is 38.8 Å². The Hall–Kier alpha value is -2.24. The minimum Gasteiger partial charge on any atom is -0.481 e. The summed E-state index contributed by atoms with van der Waals surface area (Å²) in [6.45, 7) is 1.81. The van der Waals surface area contributed by atoms with Crippen molar-refractivity contribution in [3.05, 3.63) is 30.3 Å². The normalized spacial score (nSPS) is 9.95. The molecule has 21 heavy (non-hydrogen) atoms. The standard InChI is InChI=1S/C15H23N3O3/c1-18(13-7-3-2-4-8-13)12-6-11-17-15(21)16-10-5-9-14(19)20/h2-4,7-8H,5-6,9-12H2,1H3,(H,19,20)(H2,16,17,21). The second-order valence-electron chi connectivity index (χ2n) is 4.79. The van der Waals surface area contributed by atoms with Crippen molar-refractivity contribution in [2.75, 3.05) is 31.6 Å². The highest BCUT2D eigenvalue weighted by molar-refractivity contribution is 5.73. The van der Waals surface area contributed by atoms with Crippen LogP contribution in [0.1, 0.15) is 19.3 Å². The molecule has 116 valence electrons. The van der Waals surface area contributed by atoms with Crippen LogP contribution in [0.15, 0.2) is 30.3 Å². The van der Waals surface area contributed by atoms with Crippen LogP contribution in [0.2, 0.25) is 0 Å². The lowest BCUT2D eigenvalue weighted by atomic mass is 10.3. The molecule has 0 aliphatic carbocycles. The molecule has 0 bridgehead atoms. The summed E-state index contributed by atoms with van der Waals surface area (Å²) in [5, 5.41) is 13.8. The van der Waals surface area contributed by atoms with Gasteiger partial charge in [0.15, 0.2) is 0 Å². The molecule has 0 aromatic heterocycles. The van der Waals surface area contributed by atoms with Crippen LogP contribution in [-0.4, -0.2) is 43.8 Å². The SMILES string of the molecule is CN(CCCNC(=O)NCCCC(=O)O)c1ccccc1. The number of hydrogen-bond donors (Lipinski definition) is 3. The Morgan fingerprint density at radius 3 is 2.33 bits per heavy atom. The smallest absolute Gasteiger partial charge is 0.314 e.